The molecule has 2 aliphatic heterocycles. The Hall–Kier alpha value is -0.810. The SMILES string of the molecule is CCNC(=NCC1CCN(C)C1)NC1CN(C(C)C)CC1C. The molecule has 5 nitrogen and oxygen atoms in total. The first-order valence-corrected chi connectivity index (χ1v) is 8.97. The van der Waals surface area contributed by atoms with Crippen molar-refractivity contribution in [1.29, 1.82) is 0 Å². The largest absolute Gasteiger partial charge is 0.357 e. The molecule has 0 radical (unpaired) electrons. The summed E-state index contributed by atoms with van der Waals surface area (Å²) in [7, 11) is 2.20. The Morgan fingerprint density at radius 3 is 2.59 bits per heavy atom. The standard InChI is InChI=1S/C17H35N5/c1-6-18-17(19-9-15-7-8-21(5)11-15)20-16-12-22(13(2)3)10-14(16)4/h13-16H,6-12H2,1-5H3,(H2,18,19,20). The Balaban J connectivity index is 1.88. The van der Waals surface area contributed by atoms with Crippen molar-refractivity contribution in [2.75, 3.05) is 46.3 Å². The van der Waals surface area contributed by atoms with Crippen molar-refractivity contribution in [3.8, 4) is 0 Å². The predicted octanol–water partition coefficient (Wildman–Crippen LogP) is 1.22. The molecule has 0 aromatic rings. The van der Waals surface area contributed by atoms with Crippen molar-refractivity contribution in [1.82, 2.24) is 20.4 Å². The van der Waals surface area contributed by atoms with Crippen molar-refractivity contribution in [3.63, 3.8) is 0 Å². The number of guanidine groups is 1. The van der Waals surface area contributed by atoms with Crippen molar-refractivity contribution in [2.24, 2.45) is 16.8 Å². The first-order chi connectivity index (χ1) is 10.5. The average Bonchev–Trinajstić information content (AvgIpc) is 3.03. The zero-order valence-corrected chi connectivity index (χ0v) is 15.1. The Bertz CT molecular complexity index is 368. The minimum atomic E-state index is 0.506. The van der Waals surface area contributed by atoms with E-state index in [1.807, 2.05) is 0 Å². The third-order valence-corrected chi connectivity index (χ3v) is 5.03. The molecule has 128 valence electrons. The maximum Gasteiger partial charge on any atom is 0.191 e. The summed E-state index contributed by atoms with van der Waals surface area (Å²) < 4.78 is 0. The minimum absolute atomic E-state index is 0.506. The van der Waals surface area contributed by atoms with Gasteiger partial charge in [-0.3, -0.25) is 9.89 Å². The van der Waals surface area contributed by atoms with Gasteiger partial charge in [-0.2, -0.15) is 0 Å². The van der Waals surface area contributed by atoms with E-state index in [4.69, 9.17) is 4.99 Å². The van der Waals surface area contributed by atoms with E-state index in [1.165, 1.54) is 26.1 Å². The molecule has 0 spiro atoms. The molecule has 2 N–H and O–H groups in total. The van der Waals surface area contributed by atoms with E-state index in [-0.39, 0.29) is 0 Å². The molecule has 2 aliphatic rings. The fourth-order valence-corrected chi connectivity index (χ4v) is 3.51. The first kappa shape index (κ1) is 17.5. The van der Waals surface area contributed by atoms with Gasteiger partial charge in [0, 0.05) is 44.8 Å². The van der Waals surface area contributed by atoms with Crippen LogP contribution in [0.2, 0.25) is 0 Å². The molecule has 0 saturated carbocycles. The summed E-state index contributed by atoms with van der Waals surface area (Å²) in [5.41, 5.74) is 0. The molecule has 3 unspecified atom stereocenters. The van der Waals surface area contributed by atoms with E-state index >= 15 is 0 Å². The summed E-state index contributed by atoms with van der Waals surface area (Å²) in [6, 6.07) is 1.13. The molecule has 0 amide bonds. The zero-order chi connectivity index (χ0) is 16.1. The highest BCUT2D eigenvalue weighted by Crippen LogP contribution is 2.19. The lowest BCUT2D eigenvalue weighted by Crippen LogP contribution is -2.47. The molecule has 3 atom stereocenters. The molecule has 0 aliphatic carbocycles. The highest BCUT2D eigenvalue weighted by atomic mass is 15.3. The molecule has 0 bridgehead atoms. The van der Waals surface area contributed by atoms with Gasteiger partial charge in [0.15, 0.2) is 5.96 Å². The molecule has 5 heteroatoms. The summed E-state index contributed by atoms with van der Waals surface area (Å²) in [6.45, 7) is 15.6. The van der Waals surface area contributed by atoms with Gasteiger partial charge in [0.1, 0.15) is 0 Å². The van der Waals surface area contributed by atoms with Gasteiger partial charge in [-0.05, 0) is 52.6 Å². The zero-order valence-electron chi connectivity index (χ0n) is 15.1. The van der Waals surface area contributed by atoms with E-state index in [0.717, 1.165) is 25.6 Å². The molecule has 22 heavy (non-hydrogen) atoms. The van der Waals surface area contributed by atoms with Crippen LogP contribution in [-0.2, 0) is 0 Å². The molecule has 2 fully saturated rings. The van der Waals surface area contributed by atoms with Crippen LogP contribution >= 0.6 is 0 Å². The summed E-state index contributed by atoms with van der Waals surface area (Å²) >= 11 is 0. The Morgan fingerprint density at radius 2 is 2.05 bits per heavy atom. The van der Waals surface area contributed by atoms with E-state index < -0.39 is 0 Å². The second-order valence-electron chi connectivity index (χ2n) is 7.41. The van der Waals surface area contributed by atoms with Crippen LogP contribution in [0.3, 0.4) is 0 Å². The van der Waals surface area contributed by atoms with Crippen LogP contribution in [0, 0.1) is 11.8 Å². The molecule has 2 rings (SSSR count). The Labute approximate surface area is 136 Å². The van der Waals surface area contributed by atoms with Crippen molar-refractivity contribution in [2.45, 2.75) is 46.2 Å². The van der Waals surface area contributed by atoms with Crippen LogP contribution in [0.5, 0.6) is 0 Å². The second-order valence-corrected chi connectivity index (χ2v) is 7.41. The van der Waals surface area contributed by atoms with Gasteiger partial charge in [0.2, 0.25) is 0 Å². The van der Waals surface area contributed by atoms with E-state index in [9.17, 15) is 0 Å². The van der Waals surface area contributed by atoms with E-state index in [2.05, 4.69) is 55.2 Å². The number of hydrogen-bond acceptors (Lipinski definition) is 3. The second kappa shape index (κ2) is 8.16. The van der Waals surface area contributed by atoms with Crippen LogP contribution < -0.4 is 10.6 Å². The smallest absolute Gasteiger partial charge is 0.191 e. The fourth-order valence-electron chi connectivity index (χ4n) is 3.51. The van der Waals surface area contributed by atoms with E-state index in [1.54, 1.807) is 0 Å². The van der Waals surface area contributed by atoms with Crippen molar-refractivity contribution >= 4 is 5.96 Å². The average molecular weight is 310 g/mol. The number of rotatable bonds is 5. The normalized spacial score (nSPS) is 31.2. The van der Waals surface area contributed by atoms with Crippen LogP contribution in [0.4, 0.5) is 0 Å². The number of likely N-dealkylation sites (tertiary alicyclic amines) is 2. The van der Waals surface area contributed by atoms with Crippen molar-refractivity contribution < 1.29 is 0 Å². The van der Waals surface area contributed by atoms with E-state index in [0.29, 0.717) is 23.9 Å². The number of nitrogens with one attached hydrogen (secondary N) is 2. The Morgan fingerprint density at radius 1 is 1.27 bits per heavy atom. The number of hydrogen-bond donors (Lipinski definition) is 2. The fraction of sp³-hybridized carbons (Fsp3) is 0.941. The van der Waals surface area contributed by atoms with Gasteiger partial charge in [0.25, 0.3) is 0 Å². The number of aliphatic imine (C=N–C) groups is 1. The summed E-state index contributed by atoms with van der Waals surface area (Å²) in [5, 5.41) is 7.09. The van der Waals surface area contributed by atoms with Gasteiger partial charge in [-0.25, -0.2) is 0 Å². The van der Waals surface area contributed by atoms with Gasteiger partial charge in [-0.1, -0.05) is 6.92 Å². The minimum Gasteiger partial charge on any atom is -0.357 e. The van der Waals surface area contributed by atoms with Crippen molar-refractivity contribution in [3.05, 3.63) is 0 Å². The lowest BCUT2D eigenvalue weighted by atomic mass is 10.1. The van der Waals surface area contributed by atoms with Gasteiger partial charge in [0.05, 0.1) is 0 Å². The maximum atomic E-state index is 4.85. The van der Waals surface area contributed by atoms with Crippen LogP contribution in [-0.4, -0.2) is 74.2 Å². The molecule has 2 saturated heterocycles. The number of nitrogens with zero attached hydrogens (tertiary/aromatic N) is 3. The monoisotopic (exact) mass is 309 g/mol. The van der Waals surface area contributed by atoms with Crippen LogP contribution in [0.25, 0.3) is 0 Å². The van der Waals surface area contributed by atoms with Crippen LogP contribution in [0.15, 0.2) is 4.99 Å². The highest BCUT2D eigenvalue weighted by molar-refractivity contribution is 5.80. The van der Waals surface area contributed by atoms with Gasteiger partial charge in [-0.15, -0.1) is 0 Å². The summed E-state index contributed by atoms with van der Waals surface area (Å²) in [6.07, 6.45) is 1.28. The van der Waals surface area contributed by atoms with Gasteiger partial charge >= 0.3 is 0 Å². The molecular formula is C17H35N5. The molecular weight excluding hydrogens is 274 g/mol. The lowest BCUT2D eigenvalue weighted by molar-refractivity contribution is 0.265. The highest BCUT2D eigenvalue weighted by Gasteiger charge is 2.31. The first-order valence-electron chi connectivity index (χ1n) is 8.97. The maximum absolute atomic E-state index is 4.85. The Kier molecular flexibility index (Phi) is 6.50. The summed E-state index contributed by atoms with van der Waals surface area (Å²) in [4.78, 5) is 9.80. The predicted molar refractivity (Wildman–Crippen MR) is 94.4 cm³/mol. The third-order valence-electron chi connectivity index (χ3n) is 5.03. The third kappa shape index (κ3) is 4.85. The van der Waals surface area contributed by atoms with Gasteiger partial charge < -0.3 is 15.5 Å². The molecule has 0 aromatic carbocycles. The van der Waals surface area contributed by atoms with Crippen LogP contribution in [0.1, 0.15) is 34.1 Å². The summed E-state index contributed by atoms with van der Waals surface area (Å²) in [5.74, 6) is 2.39. The quantitative estimate of drug-likeness (QED) is 0.592. The topological polar surface area (TPSA) is 42.9 Å². The molecule has 0 aromatic heterocycles. The molecule has 2 heterocycles. The lowest BCUT2D eigenvalue weighted by Gasteiger charge is -2.22.